The van der Waals surface area contributed by atoms with Gasteiger partial charge >= 0.3 is 0 Å². The highest BCUT2D eigenvalue weighted by Crippen LogP contribution is 2.39. The van der Waals surface area contributed by atoms with Crippen molar-refractivity contribution in [2.24, 2.45) is 0 Å². The summed E-state index contributed by atoms with van der Waals surface area (Å²) < 4.78 is 94.3. The zero-order chi connectivity index (χ0) is 84.5. The Balaban J connectivity index is 1.10. The molecular formula is C64H109N5O45. The zero-order valence-corrected chi connectivity index (χ0v) is 62.1. The van der Waals surface area contributed by atoms with Crippen molar-refractivity contribution < 1.29 is 222 Å². The van der Waals surface area contributed by atoms with Gasteiger partial charge in [0.15, 0.2) is 50.3 Å². The van der Waals surface area contributed by atoms with E-state index in [0.717, 1.165) is 34.6 Å². The number of carbonyl (C=O) groups excluding carboxylic acids is 5. The number of hydrogen-bond donors (Lipinski definition) is 29. The molecule has 8 aliphatic heterocycles. The summed E-state index contributed by atoms with van der Waals surface area (Å²) >= 11 is 0. The van der Waals surface area contributed by atoms with Crippen LogP contribution in [0.2, 0.25) is 0 Å². The standard InChI is InChI=1S/C64H109N5O45/c1-16-35(83)45(93)48(96)61(101-16)114-56-46(94)39(87)26(10-73)104-64(56)112-53-27(11-74)105-58(33(43(53)91)68-20(5)80)100-15-30-40(88)55(50(98)63(108-30)109-51(22(7-70)65-17(2)77)36(84)23(82)14-99-57-31(66-18(3)78)41(89)37(85)24(8-71)102-57)113-60-34(69-21(6)81)44(92)52(28(12-75)106-60)111-62-49(97)47(95)54(29(13-76)107-62)110-59-32(67-19(4)79)42(90)38(86)25(9-72)103-59/h16,22-64,70-76,82-98H,7-15H2,1-6H3,(H,65,77)(H,66,78)(H,67,79)(H,68,80)(H,69,81)/t16-,22-,23+,24+,25+,26+,27+,28+,29+,30+,31+,32+,33+,34+,35+,36-,37+,38+,39-,40-,41+,42+,43+,44+,45+,46-,47+,48-,49+,50+,51+,52+,53+,54-,55-,56+,57+,58+,59+,60-,61-,62-,63-,64-/m0/s1. The fourth-order valence-corrected chi connectivity index (χ4v) is 14.3. The Kier molecular flexibility index (Phi) is 35.3. The van der Waals surface area contributed by atoms with E-state index in [-0.39, 0.29) is 0 Å². The van der Waals surface area contributed by atoms with Crippen molar-refractivity contribution in [3.8, 4) is 0 Å². The van der Waals surface area contributed by atoms with Crippen molar-refractivity contribution in [1.82, 2.24) is 26.6 Å². The van der Waals surface area contributed by atoms with Gasteiger partial charge in [-0.25, -0.2) is 0 Å². The lowest BCUT2D eigenvalue weighted by Crippen LogP contribution is -2.70. The van der Waals surface area contributed by atoms with Crippen LogP contribution in [0, 0.1) is 0 Å². The predicted octanol–water partition coefficient (Wildman–Crippen LogP) is -19.2. The van der Waals surface area contributed by atoms with Crippen LogP contribution in [0.5, 0.6) is 0 Å². The highest BCUT2D eigenvalue weighted by molar-refractivity contribution is 5.75. The second-order valence-corrected chi connectivity index (χ2v) is 28.7. The van der Waals surface area contributed by atoms with Gasteiger partial charge in [0.1, 0.15) is 207 Å². The number of amides is 5. The van der Waals surface area contributed by atoms with E-state index in [2.05, 4.69) is 26.6 Å². The largest absolute Gasteiger partial charge is 0.394 e. The van der Waals surface area contributed by atoms with Gasteiger partial charge in [-0.05, 0) is 6.92 Å². The SMILES string of the molecule is CC(=O)N[C@H]1[C@H](O[C@H]2[C@@H](O)[C@@H](CO[C@@H]3O[C@H](CO)[C@@H](O[C@@H]4O[C@H](CO)[C@H](O)[C@H](O)[C@H]4O[C@@H]4O[C@@H](C)[C@@H](O)[C@@H](O)[C@@H]4O)[C@H](O)[C@H]3NC(C)=O)O[C@@H](O[C@@H]([C@@H](O)[C@H](O)CO[C@@H]3O[C@H](CO)[C@@H](O)[C@H](O)[C@H]3NC(C)=O)[C@H](CO)NC(C)=O)[C@@H]2O)O[C@H](CO)[C@@H](O[C@@H]2O[C@H](CO)[C@H](O[C@H]3O[C@H](CO)[C@@H](O)[C@H](O)[C@H]3NC(C)=O)[C@H](O)[C@H]2O)[C@@H]1O. The molecule has 0 aromatic heterocycles. The second-order valence-electron chi connectivity index (χ2n) is 28.7. The predicted molar refractivity (Wildman–Crippen MR) is 356 cm³/mol. The molecule has 44 atom stereocenters. The maximum Gasteiger partial charge on any atom is 0.217 e. The van der Waals surface area contributed by atoms with Gasteiger partial charge in [-0.2, -0.15) is 0 Å². The molecule has 8 heterocycles. The molecule has 0 saturated carbocycles. The molecule has 0 aromatic rings. The van der Waals surface area contributed by atoms with E-state index in [4.69, 9.17) is 75.8 Å². The van der Waals surface area contributed by atoms with Crippen molar-refractivity contribution in [1.29, 1.82) is 0 Å². The Labute approximate surface area is 647 Å². The molecule has 0 radical (unpaired) electrons. The first-order valence-electron chi connectivity index (χ1n) is 36.4. The molecule has 114 heavy (non-hydrogen) atoms. The summed E-state index contributed by atoms with van der Waals surface area (Å²) in [5.41, 5.74) is 0. The van der Waals surface area contributed by atoms with Crippen LogP contribution in [0.15, 0.2) is 0 Å². The van der Waals surface area contributed by atoms with E-state index >= 15 is 0 Å². The van der Waals surface area contributed by atoms with Gasteiger partial charge in [0, 0.05) is 34.6 Å². The number of ether oxygens (including phenoxy) is 16. The molecule has 50 nitrogen and oxygen atoms in total. The van der Waals surface area contributed by atoms with Gasteiger partial charge in [-0.3, -0.25) is 24.0 Å². The van der Waals surface area contributed by atoms with Crippen LogP contribution in [0.25, 0.3) is 0 Å². The highest BCUT2D eigenvalue weighted by Gasteiger charge is 2.60. The first-order valence-corrected chi connectivity index (χ1v) is 36.4. The molecule has 0 aliphatic carbocycles. The average Bonchev–Trinajstić information content (AvgIpc) is 0.765. The van der Waals surface area contributed by atoms with Crippen molar-refractivity contribution in [3.63, 3.8) is 0 Å². The summed E-state index contributed by atoms with van der Waals surface area (Å²) in [7, 11) is 0. The summed E-state index contributed by atoms with van der Waals surface area (Å²) in [6, 6.07) is -9.08. The van der Waals surface area contributed by atoms with E-state index in [1.165, 1.54) is 6.92 Å². The molecule has 8 rings (SSSR count). The quantitative estimate of drug-likeness (QED) is 0.0290. The summed E-state index contributed by atoms with van der Waals surface area (Å²) in [6.07, 6.45) is -78.9. The Hall–Kier alpha value is -4.25. The van der Waals surface area contributed by atoms with Crippen LogP contribution in [-0.4, -0.2) is 481 Å². The van der Waals surface area contributed by atoms with Gasteiger partial charge in [0.2, 0.25) is 29.5 Å². The fraction of sp³-hybridized carbons (Fsp3) is 0.922. The van der Waals surface area contributed by atoms with Crippen LogP contribution in [0.4, 0.5) is 0 Å². The molecule has 0 spiro atoms. The Morgan fingerprint density at radius 2 is 0.675 bits per heavy atom. The first-order chi connectivity index (χ1) is 53.8. The summed E-state index contributed by atoms with van der Waals surface area (Å²) in [5.74, 6) is -4.48. The summed E-state index contributed by atoms with van der Waals surface area (Å²) in [5, 5.41) is 278. The van der Waals surface area contributed by atoms with Crippen molar-refractivity contribution in [2.45, 2.75) is 311 Å². The molecular weight excluding hydrogens is 1560 g/mol. The van der Waals surface area contributed by atoms with E-state index in [1.54, 1.807) is 0 Å². The average molecular weight is 1670 g/mol. The highest BCUT2D eigenvalue weighted by atomic mass is 16.8. The van der Waals surface area contributed by atoms with Crippen LogP contribution < -0.4 is 26.6 Å². The number of aliphatic hydroxyl groups excluding tert-OH is 24. The van der Waals surface area contributed by atoms with Gasteiger partial charge in [-0.1, -0.05) is 0 Å². The van der Waals surface area contributed by atoms with Crippen molar-refractivity contribution in [2.75, 3.05) is 59.5 Å². The van der Waals surface area contributed by atoms with E-state index in [9.17, 15) is 147 Å². The maximum atomic E-state index is 13.2. The molecule has 50 heteroatoms. The molecule has 8 fully saturated rings. The van der Waals surface area contributed by atoms with Gasteiger partial charge < -0.3 is 225 Å². The lowest BCUT2D eigenvalue weighted by Gasteiger charge is -2.50. The van der Waals surface area contributed by atoms with E-state index in [1.807, 2.05) is 0 Å². The number of hydrogen-bond acceptors (Lipinski definition) is 45. The minimum absolute atomic E-state index is 0.784. The van der Waals surface area contributed by atoms with Crippen LogP contribution in [0.1, 0.15) is 41.5 Å². The van der Waals surface area contributed by atoms with Gasteiger partial charge in [-0.15, -0.1) is 0 Å². The fourth-order valence-electron chi connectivity index (χ4n) is 14.3. The number of aliphatic hydroxyl groups is 24. The molecule has 5 amide bonds. The minimum atomic E-state index is -2.56. The number of nitrogens with one attached hydrogen (secondary N) is 5. The molecule has 8 saturated heterocycles. The van der Waals surface area contributed by atoms with Crippen molar-refractivity contribution >= 4 is 29.5 Å². The molecule has 660 valence electrons. The Morgan fingerprint density at radius 3 is 1.16 bits per heavy atom. The number of carbonyl (C=O) groups is 5. The molecule has 0 aromatic carbocycles. The number of rotatable bonds is 33. The molecule has 8 aliphatic rings. The third kappa shape index (κ3) is 22.1. The van der Waals surface area contributed by atoms with E-state index in [0.29, 0.717) is 0 Å². The summed E-state index contributed by atoms with van der Waals surface area (Å²) in [6.45, 7) is -3.71. The van der Waals surface area contributed by atoms with Crippen LogP contribution >= 0.6 is 0 Å². The van der Waals surface area contributed by atoms with Gasteiger partial charge in [0.25, 0.3) is 0 Å². The molecule has 0 unspecified atom stereocenters. The second kappa shape index (κ2) is 42.3. The lowest BCUT2D eigenvalue weighted by molar-refractivity contribution is -0.386. The van der Waals surface area contributed by atoms with Crippen molar-refractivity contribution in [3.05, 3.63) is 0 Å². The zero-order valence-electron chi connectivity index (χ0n) is 62.1. The maximum absolute atomic E-state index is 13.2. The monoisotopic (exact) mass is 1670 g/mol. The topological polar surface area (TPSA) is 779 Å². The van der Waals surface area contributed by atoms with Crippen LogP contribution in [-0.2, 0) is 99.8 Å². The van der Waals surface area contributed by atoms with Gasteiger partial charge in [0.05, 0.1) is 71.6 Å². The Bertz CT molecular complexity index is 3030. The smallest absolute Gasteiger partial charge is 0.217 e. The summed E-state index contributed by atoms with van der Waals surface area (Å²) in [4.78, 5) is 63.4. The van der Waals surface area contributed by atoms with E-state index < -0.39 is 359 Å². The van der Waals surface area contributed by atoms with Crippen LogP contribution in [0.3, 0.4) is 0 Å². The Morgan fingerprint density at radius 1 is 0.325 bits per heavy atom. The molecule has 29 N–H and O–H groups in total. The normalized spacial score (nSPS) is 45.3. The lowest BCUT2D eigenvalue weighted by atomic mass is 9.94. The third-order valence-corrected chi connectivity index (χ3v) is 20.4. The minimum Gasteiger partial charge on any atom is -0.394 e. The molecule has 0 bridgehead atoms. The third-order valence-electron chi connectivity index (χ3n) is 20.4. The first kappa shape index (κ1) is 95.2.